The minimum absolute atomic E-state index is 0.0893. The third-order valence-corrected chi connectivity index (χ3v) is 4.80. The van der Waals surface area contributed by atoms with Gasteiger partial charge in [0.2, 0.25) is 0 Å². The van der Waals surface area contributed by atoms with E-state index in [1.807, 2.05) is 0 Å². The highest BCUT2D eigenvalue weighted by atomic mass is 16.5. The van der Waals surface area contributed by atoms with Crippen LogP contribution in [0.15, 0.2) is 0 Å². The molecule has 3 aliphatic rings. The second-order valence-electron chi connectivity index (χ2n) is 6.18. The number of carbonyl (C=O) groups excluding carboxylic acids is 2. The molecule has 0 aliphatic heterocycles. The van der Waals surface area contributed by atoms with Gasteiger partial charge in [-0.15, -0.1) is 5.92 Å². The smallest absolute Gasteiger partial charge is 0.317 e. The summed E-state index contributed by atoms with van der Waals surface area (Å²) in [4.78, 5) is 23.4. The molecule has 0 amide bonds. The summed E-state index contributed by atoms with van der Waals surface area (Å²) < 4.78 is 4.80. The van der Waals surface area contributed by atoms with E-state index in [1.54, 1.807) is 6.92 Å². The Morgan fingerprint density at radius 3 is 2.68 bits per heavy atom. The molecule has 0 heterocycles. The number of carbonyl (C=O) groups is 2. The van der Waals surface area contributed by atoms with Gasteiger partial charge in [0, 0.05) is 18.3 Å². The third-order valence-electron chi connectivity index (χ3n) is 4.80. The van der Waals surface area contributed by atoms with E-state index >= 15 is 0 Å². The van der Waals surface area contributed by atoms with E-state index in [0.29, 0.717) is 24.7 Å². The number of ketones is 1. The third kappa shape index (κ3) is 2.68. The van der Waals surface area contributed by atoms with Crippen LogP contribution in [0, 0.1) is 35.0 Å². The summed E-state index contributed by atoms with van der Waals surface area (Å²) in [6, 6.07) is 0. The highest BCUT2D eigenvalue weighted by molar-refractivity contribution is 5.87. The van der Waals surface area contributed by atoms with Crippen molar-refractivity contribution in [1.29, 1.82) is 0 Å². The van der Waals surface area contributed by atoms with Gasteiger partial charge in [-0.05, 0) is 31.1 Å². The zero-order valence-electron chi connectivity index (χ0n) is 12.0. The lowest BCUT2D eigenvalue weighted by atomic mass is 9.46. The Morgan fingerprint density at radius 1 is 1.37 bits per heavy atom. The summed E-state index contributed by atoms with van der Waals surface area (Å²) >= 11 is 0. The summed E-state index contributed by atoms with van der Waals surface area (Å²) in [5.74, 6) is 6.89. The van der Waals surface area contributed by atoms with Crippen molar-refractivity contribution in [1.82, 2.24) is 0 Å². The van der Waals surface area contributed by atoms with Gasteiger partial charge in [0.05, 0.1) is 6.61 Å². The van der Waals surface area contributed by atoms with Gasteiger partial charge in [0.1, 0.15) is 12.2 Å². The van der Waals surface area contributed by atoms with Crippen molar-refractivity contribution in [2.75, 3.05) is 6.61 Å². The van der Waals surface area contributed by atoms with Gasteiger partial charge in [-0.1, -0.05) is 19.8 Å². The van der Waals surface area contributed by atoms with E-state index in [9.17, 15) is 9.59 Å². The molecule has 19 heavy (non-hydrogen) atoms. The molecule has 2 bridgehead atoms. The second kappa shape index (κ2) is 5.36. The Balaban J connectivity index is 1.81. The Labute approximate surface area is 115 Å². The fraction of sp³-hybridized carbons (Fsp3) is 0.750. The first-order chi connectivity index (χ1) is 8.96. The predicted octanol–water partition coefficient (Wildman–Crippen LogP) is 2.58. The largest absolute Gasteiger partial charge is 0.465 e. The van der Waals surface area contributed by atoms with E-state index in [-0.39, 0.29) is 29.6 Å². The predicted molar refractivity (Wildman–Crippen MR) is 72.1 cm³/mol. The first-order valence-corrected chi connectivity index (χ1v) is 7.11. The van der Waals surface area contributed by atoms with Gasteiger partial charge in [-0.2, -0.15) is 0 Å². The van der Waals surface area contributed by atoms with E-state index < -0.39 is 0 Å². The molecule has 0 spiro atoms. The lowest BCUT2D eigenvalue weighted by Crippen LogP contribution is -2.56. The van der Waals surface area contributed by atoms with Gasteiger partial charge >= 0.3 is 5.97 Å². The van der Waals surface area contributed by atoms with E-state index in [2.05, 4.69) is 25.7 Å². The molecule has 3 fully saturated rings. The topological polar surface area (TPSA) is 43.4 Å². The number of fused-ring (bicyclic) bond motifs is 2. The normalized spacial score (nSPS) is 30.9. The van der Waals surface area contributed by atoms with Crippen molar-refractivity contribution in [2.45, 2.75) is 46.5 Å². The Bertz CT molecular complexity index is 439. The van der Waals surface area contributed by atoms with Crippen molar-refractivity contribution < 1.29 is 14.3 Å². The fourth-order valence-electron chi connectivity index (χ4n) is 3.37. The molecule has 3 unspecified atom stereocenters. The molecule has 0 aromatic carbocycles. The molecule has 3 aliphatic carbocycles. The standard InChI is InChI=1S/C16H22O3/c1-4-19-14(17)8-6-5-7-11-9-12-10-13(15(11)18)16(12,2)3/h11-13H,4,7-10H2,1-3H3. The maximum absolute atomic E-state index is 12.2. The van der Waals surface area contributed by atoms with Crippen molar-refractivity contribution in [2.24, 2.45) is 23.2 Å². The van der Waals surface area contributed by atoms with Crippen LogP contribution < -0.4 is 0 Å². The summed E-state index contributed by atoms with van der Waals surface area (Å²) in [6.07, 6.45) is 2.77. The monoisotopic (exact) mass is 262 g/mol. The molecule has 3 saturated carbocycles. The van der Waals surface area contributed by atoms with E-state index in [4.69, 9.17) is 4.74 Å². The minimum atomic E-state index is -0.283. The van der Waals surface area contributed by atoms with Gasteiger partial charge < -0.3 is 4.74 Å². The number of ether oxygens (including phenoxy) is 1. The number of Topliss-reactive ketones (excluding diaryl/α,β-unsaturated/α-hetero) is 1. The summed E-state index contributed by atoms with van der Waals surface area (Å²) in [5, 5.41) is 0. The molecule has 3 rings (SSSR count). The molecule has 104 valence electrons. The molecule has 0 aromatic rings. The van der Waals surface area contributed by atoms with Gasteiger partial charge in [0.25, 0.3) is 0 Å². The SMILES string of the molecule is CCOC(=O)CC#CCC1CC2CC(C1=O)C2(C)C. The van der Waals surface area contributed by atoms with Crippen LogP contribution in [-0.4, -0.2) is 18.4 Å². The van der Waals surface area contributed by atoms with E-state index in [1.165, 1.54) is 0 Å². The van der Waals surface area contributed by atoms with Crippen LogP contribution in [0.1, 0.15) is 46.5 Å². The summed E-state index contributed by atoms with van der Waals surface area (Å²) in [7, 11) is 0. The van der Waals surface area contributed by atoms with Crippen molar-refractivity contribution in [3.63, 3.8) is 0 Å². The summed E-state index contributed by atoms with van der Waals surface area (Å²) in [5.41, 5.74) is 0.200. The zero-order chi connectivity index (χ0) is 14.0. The average molecular weight is 262 g/mol. The van der Waals surface area contributed by atoms with Crippen LogP contribution in [0.25, 0.3) is 0 Å². The lowest BCUT2D eigenvalue weighted by Gasteiger charge is -2.57. The molecule has 3 heteroatoms. The first-order valence-electron chi connectivity index (χ1n) is 7.11. The average Bonchev–Trinajstić information content (AvgIpc) is 2.35. The minimum Gasteiger partial charge on any atom is -0.465 e. The fourth-order valence-corrected chi connectivity index (χ4v) is 3.37. The van der Waals surface area contributed by atoms with Crippen molar-refractivity contribution in [3.8, 4) is 11.8 Å². The lowest BCUT2D eigenvalue weighted by molar-refractivity contribution is -0.156. The number of hydrogen-bond donors (Lipinski definition) is 0. The maximum atomic E-state index is 12.2. The quantitative estimate of drug-likeness (QED) is 0.580. The van der Waals surface area contributed by atoms with E-state index in [0.717, 1.165) is 12.8 Å². The molecule has 0 radical (unpaired) electrons. The molecule has 0 saturated heterocycles. The Hall–Kier alpha value is -1.30. The molecule has 3 nitrogen and oxygen atoms in total. The summed E-state index contributed by atoms with van der Waals surface area (Å²) in [6.45, 7) is 6.57. The molecular weight excluding hydrogens is 240 g/mol. The Kier molecular flexibility index (Phi) is 3.99. The van der Waals surface area contributed by atoms with Crippen molar-refractivity contribution >= 4 is 11.8 Å². The van der Waals surface area contributed by atoms with Crippen LogP contribution in [0.4, 0.5) is 0 Å². The molecule has 3 atom stereocenters. The molecule has 0 aromatic heterocycles. The van der Waals surface area contributed by atoms with Crippen LogP contribution in [0.5, 0.6) is 0 Å². The van der Waals surface area contributed by atoms with Crippen molar-refractivity contribution in [3.05, 3.63) is 0 Å². The van der Waals surface area contributed by atoms with Crippen LogP contribution in [0.3, 0.4) is 0 Å². The number of hydrogen-bond acceptors (Lipinski definition) is 3. The maximum Gasteiger partial charge on any atom is 0.317 e. The molecular formula is C16H22O3. The first kappa shape index (κ1) is 14.1. The highest BCUT2D eigenvalue weighted by Crippen LogP contribution is 2.59. The Morgan fingerprint density at radius 2 is 2.11 bits per heavy atom. The number of rotatable bonds is 3. The highest BCUT2D eigenvalue weighted by Gasteiger charge is 2.57. The second-order valence-corrected chi connectivity index (χ2v) is 6.18. The van der Waals surface area contributed by atoms with Crippen LogP contribution in [-0.2, 0) is 14.3 Å². The van der Waals surface area contributed by atoms with Gasteiger partial charge in [-0.25, -0.2) is 0 Å². The van der Waals surface area contributed by atoms with Gasteiger partial charge in [-0.3, -0.25) is 9.59 Å². The van der Waals surface area contributed by atoms with Gasteiger partial charge in [0.15, 0.2) is 0 Å². The van der Waals surface area contributed by atoms with Crippen LogP contribution in [0.2, 0.25) is 0 Å². The van der Waals surface area contributed by atoms with Crippen LogP contribution >= 0.6 is 0 Å². The number of esters is 1. The molecule has 0 N–H and O–H groups in total. The zero-order valence-corrected chi connectivity index (χ0v) is 12.0.